The second kappa shape index (κ2) is 4.82. The fraction of sp³-hybridized carbons (Fsp3) is 0.0667. The quantitative estimate of drug-likeness (QED) is 0.426. The predicted molar refractivity (Wildman–Crippen MR) is 76.9 cm³/mol. The number of nitrogens with zero attached hydrogens (tertiary/aromatic N) is 1. The van der Waals surface area contributed by atoms with Gasteiger partial charge in [0.2, 0.25) is 5.89 Å². The number of phenols is 1. The molecule has 0 radical (unpaired) electrons. The van der Waals surface area contributed by atoms with Crippen molar-refractivity contribution in [3.8, 4) is 17.2 Å². The zero-order chi connectivity index (χ0) is 15.0. The topological polar surface area (TPSA) is 98.6 Å². The van der Waals surface area contributed by atoms with E-state index in [-0.39, 0.29) is 11.4 Å². The minimum Gasteiger partial charge on any atom is -0.506 e. The Labute approximate surface area is 119 Å². The van der Waals surface area contributed by atoms with Gasteiger partial charge < -0.3 is 20.0 Å². The summed E-state index contributed by atoms with van der Waals surface area (Å²) in [5.74, 6) is -0.0746. The van der Waals surface area contributed by atoms with Crippen molar-refractivity contribution >= 4 is 22.8 Å². The fourth-order valence-electron chi connectivity index (χ4n) is 1.97. The maximum Gasteiger partial charge on any atom is 0.337 e. The van der Waals surface area contributed by atoms with Crippen LogP contribution in [0, 0.1) is 0 Å². The molecule has 0 saturated carbocycles. The van der Waals surface area contributed by atoms with Gasteiger partial charge in [0.05, 0.1) is 18.4 Å². The van der Waals surface area contributed by atoms with Gasteiger partial charge in [0, 0.05) is 11.6 Å². The number of methoxy groups -OCH3 is 1. The molecule has 0 aliphatic rings. The number of benzene rings is 2. The smallest absolute Gasteiger partial charge is 0.337 e. The second-order valence-electron chi connectivity index (χ2n) is 4.47. The van der Waals surface area contributed by atoms with Gasteiger partial charge in [0.1, 0.15) is 11.3 Å². The van der Waals surface area contributed by atoms with Crippen LogP contribution in [-0.4, -0.2) is 23.2 Å². The van der Waals surface area contributed by atoms with Gasteiger partial charge in [-0.3, -0.25) is 0 Å². The van der Waals surface area contributed by atoms with Crippen LogP contribution in [0.3, 0.4) is 0 Å². The van der Waals surface area contributed by atoms with Crippen molar-refractivity contribution in [2.24, 2.45) is 0 Å². The van der Waals surface area contributed by atoms with E-state index in [0.29, 0.717) is 28.1 Å². The SMILES string of the molecule is COC(=O)c1ccc(-c2nc3cc(N)c(O)cc3o2)cc1. The van der Waals surface area contributed by atoms with Crippen molar-refractivity contribution in [3.63, 3.8) is 0 Å². The molecule has 0 atom stereocenters. The number of nitrogen functional groups attached to an aromatic ring is 1. The highest BCUT2D eigenvalue weighted by Crippen LogP contribution is 2.30. The minimum absolute atomic E-state index is 0.0498. The van der Waals surface area contributed by atoms with E-state index in [4.69, 9.17) is 10.2 Å². The molecule has 6 nitrogen and oxygen atoms in total. The Kier molecular flexibility index (Phi) is 2.98. The molecule has 0 aliphatic carbocycles. The lowest BCUT2D eigenvalue weighted by Gasteiger charge is -1.99. The number of hydrogen-bond donors (Lipinski definition) is 2. The summed E-state index contributed by atoms with van der Waals surface area (Å²) in [7, 11) is 1.33. The summed E-state index contributed by atoms with van der Waals surface area (Å²) in [4.78, 5) is 15.7. The number of oxazole rings is 1. The van der Waals surface area contributed by atoms with Crippen LogP contribution in [0.25, 0.3) is 22.6 Å². The van der Waals surface area contributed by atoms with Crippen molar-refractivity contribution < 1.29 is 19.1 Å². The van der Waals surface area contributed by atoms with Crippen molar-refractivity contribution in [1.29, 1.82) is 0 Å². The van der Waals surface area contributed by atoms with Gasteiger partial charge in [-0.2, -0.15) is 0 Å². The van der Waals surface area contributed by atoms with E-state index in [2.05, 4.69) is 9.72 Å². The Balaban J connectivity index is 2.02. The predicted octanol–water partition coefficient (Wildman–Crippen LogP) is 2.57. The third-order valence-electron chi connectivity index (χ3n) is 3.09. The molecule has 0 fully saturated rings. The molecule has 21 heavy (non-hydrogen) atoms. The number of nitrogens with two attached hydrogens (primary N) is 1. The number of phenolic OH excluding ortho intramolecular Hbond substituents is 1. The summed E-state index contributed by atoms with van der Waals surface area (Å²) in [5, 5.41) is 9.56. The molecular weight excluding hydrogens is 272 g/mol. The summed E-state index contributed by atoms with van der Waals surface area (Å²) in [6.07, 6.45) is 0. The average Bonchev–Trinajstić information content (AvgIpc) is 2.90. The van der Waals surface area contributed by atoms with Crippen LogP contribution in [0.5, 0.6) is 5.75 Å². The Morgan fingerprint density at radius 2 is 2.00 bits per heavy atom. The molecule has 3 rings (SSSR count). The van der Waals surface area contributed by atoms with Crippen LogP contribution in [0.15, 0.2) is 40.8 Å². The molecule has 1 aromatic heterocycles. The van der Waals surface area contributed by atoms with Gasteiger partial charge >= 0.3 is 5.97 Å². The number of esters is 1. The highest BCUT2D eigenvalue weighted by atomic mass is 16.5. The summed E-state index contributed by atoms with van der Waals surface area (Å²) < 4.78 is 10.2. The number of aromatic nitrogens is 1. The molecule has 106 valence electrons. The third-order valence-corrected chi connectivity index (χ3v) is 3.09. The first-order valence-electron chi connectivity index (χ1n) is 6.16. The van der Waals surface area contributed by atoms with Crippen LogP contribution in [0.4, 0.5) is 5.69 Å². The van der Waals surface area contributed by atoms with Crippen LogP contribution in [0.1, 0.15) is 10.4 Å². The number of anilines is 1. The number of aromatic hydroxyl groups is 1. The van der Waals surface area contributed by atoms with Crippen LogP contribution >= 0.6 is 0 Å². The molecule has 6 heteroatoms. The van der Waals surface area contributed by atoms with Crippen molar-refractivity contribution in [1.82, 2.24) is 4.98 Å². The first kappa shape index (κ1) is 13.0. The number of carbonyl (C=O) groups excluding carboxylic acids is 1. The number of carbonyl (C=O) groups is 1. The molecule has 0 saturated heterocycles. The molecule has 0 spiro atoms. The fourth-order valence-corrected chi connectivity index (χ4v) is 1.97. The normalized spacial score (nSPS) is 10.7. The molecule has 2 aromatic carbocycles. The lowest BCUT2D eigenvalue weighted by molar-refractivity contribution is 0.0600. The van der Waals surface area contributed by atoms with Gasteiger partial charge in [-0.1, -0.05) is 0 Å². The molecular formula is C15H12N2O4. The summed E-state index contributed by atoms with van der Waals surface area (Å²) in [6.45, 7) is 0. The lowest BCUT2D eigenvalue weighted by Crippen LogP contribution is -2.00. The Bertz CT molecular complexity index is 783. The highest BCUT2D eigenvalue weighted by Gasteiger charge is 2.12. The molecule has 3 aromatic rings. The van der Waals surface area contributed by atoms with Crippen LogP contribution in [-0.2, 0) is 4.74 Å². The Hall–Kier alpha value is -3.02. The third kappa shape index (κ3) is 2.27. The Morgan fingerprint density at radius 3 is 2.67 bits per heavy atom. The van der Waals surface area contributed by atoms with E-state index in [1.165, 1.54) is 13.2 Å². The molecule has 0 aliphatic heterocycles. The van der Waals surface area contributed by atoms with Gasteiger partial charge in [0.15, 0.2) is 5.58 Å². The number of ether oxygens (including phenoxy) is 1. The number of fused-ring (bicyclic) bond motifs is 1. The van der Waals surface area contributed by atoms with E-state index in [1.54, 1.807) is 30.3 Å². The van der Waals surface area contributed by atoms with E-state index < -0.39 is 5.97 Å². The number of rotatable bonds is 2. The van der Waals surface area contributed by atoms with E-state index >= 15 is 0 Å². The molecule has 0 unspecified atom stereocenters. The maximum absolute atomic E-state index is 11.4. The van der Waals surface area contributed by atoms with Gasteiger partial charge in [-0.05, 0) is 30.3 Å². The maximum atomic E-state index is 11.4. The molecule has 3 N–H and O–H groups in total. The average molecular weight is 284 g/mol. The zero-order valence-corrected chi connectivity index (χ0v) is 11.2. The largest absolute Gasteiger partial charge is 0.506 e. The number of hydrogen-bond acceptors (Lipinski definition) is 6. The lowest BCUT2D eigenvalue weighted by atomic mass is 10.1. The van der Waals surface area contributed by atoms with Crippen molar-refractivity contribution in [2.75, 3.05) is 12.8 Å². The van der Waals surface area contributed by atoms with Crippen molar-refractivity contribution in [2.45, 2.75) is 0 Å². The Morgan fingerprint density at radius 1 is 1.29 bits per heavy atom. The first-order chi connectivity index (χ1) is 10.1. The second-order valence-corrected chi connectivity index (χ2v) is 4.47. The van der Waals surface area contributed by atoms with E-state index in [0.717, 1.165) is 0 Å². The van der Waals surface area contributed by atoms with Crippen molar-refractivity contribution in [3.05, 3.63) is 42.0 Å². The summed E-state index contributed by atoms with van der Waals surface area (Å²) in [6, 6.07) is 9.63. The van der Waals surface area contributed by atoms with Gasteiger partial charge in [0.25, 0.3) is 0 Å². The standard InChI is InChI=1S/C15H12N2O4/c1-20-15(19)9-4-2-8(3-5-9)14-17-11-6-10(16)12(18)7-13(11)21-14/h2-7,18H,16H2,1H3. The monoisotopic (exact) mass is 284 g/mol. The first-order valence-corrected chi connectivity index (χ1v) is 6.16. The van der Waals surface area contributed by atoms with Crippen LogP contribution in [0.2, 0.25) is 0 Å². The molecule has 0 amide bonds. The van der Waals surface area contributed by atoms with Gasteiger partial charge in [-0.25, -0.2) is 9.78 Å². The van der Waals surface area contributed by atoms with E-state index in [1.807, 2.05) is 0 Å². The molecule has 0 bridgehead atoms. The van der Waals surface area contributed by atoms with Gasteiger partial charge in [-0.15, -0.1) is 0 Å². The van der Waals surface area contributed by atoms with E-state index in [9.17, 15) is 9.90 Å². The zero-order valence-electron chi connectivity index (χ0n) is 11.2. The summed E-state index contributed by atoms with van der Waals surface area (Å²) in [5.41, 5.74) is 8.00. The van der Waals surface area contributed by atoms with Crippen LogP contribution < -0.4 is 5.73 Å². The summed E-state index contributed by atoms with van der Waals surface area (Å²) >= 11 is 0. The highest BCUT2D eigenvalue weighted by molar-refractivity contribution is 5.90. The molecule has 1 heterocycles. The minimum atomic E-state index is -0.406.